The lowest BCUT2D eigenvalue weighted by Crippen LogP contribution is -2.19. The minimum atomic E-state index is -0.435. The topological polar surface area (TPSA) is 54.3 Å². The Morgan fingerprint density at radius 2 is 2.18 bits per heavy atom. The van der Waals surface area contributed by atoms with E-state index in [0.29, 0.717) is 13.2 Å². The molecule has 1 aromatic carbocycles. The van der Waals surface area contributed by atoms with Gasteiger partial charge in [0.2, 0.25) is 0 Å². The van der Waals surface area contributed by atoms with E-state index in [4.69, 9.17) is 14.7 Å². The molecule has 0 heterocycles. The fourth-order valence-electron chi connectivity index (χ4n) is 1.38. The zero-order valence-corrected chi connectivity index (χ0v) is 10.3. The number of hydrogen-bond donors (Lipinski definition) is 1. The normalized spacial score (nSPS) is 11.8. The predicted octanol–water partition coefficient (Wildman–Crippen LogP) is 1.71. The standard InChI is InChI=1S/C13H18N2O2/c1-11(9-14)17-13-6-4-3-5-12(13)10-15-7-8-16-2/h3-6,11,15H,7-8,10H2,1-2H3. The third-order valence-electron chi connectivity index (χ3n) is 2.26. The Bertz CT molecular complexity index is 374. The van der Waals surface area contributed by atoms with Crippen LogP contribution in [0.3, 0.4) is 0 Å². The Kier molecular flexibility index (Phi) is 6.08. The molecule has 4 nitrogen and oxygen atoms in total. The van der Waals surface area contributed by atoms with E-state index in [0.717, 1.165) is 17.9 Å². The molecule has 1 rings (SSSR count). The monoisotopic (exact) mass is 234 g/mol. The predicted molar refractivity (Wildman–Crippen MR) is 65.7 cm³/mol. The Morgan fingerprint density at radius 3 is 2.88 bits per heavy atom. The number of nitrogens with one attached hydrogen (secondary N) is 1. The summed E-state index contributed by atoms with van der Waals surface area (Å²) in [5.41, 5.74) is 1.05. The van der Waals surface area contributed by atoms with Crippen LogP contribution in [0.1, 0.15) is 12.5 Å². The van der Waals surface area contributed by atoms with Gasteiger partial charge in [0, 0.05) is 25.8 Å². The molecule has 0 aliphatic carbocycles. The third-order valence-corrected chi connectivity index (χ3v) is 2.26. The molecule has 1 N–H and O–H groups in total. The van der Waals surface area contributed by atoms with Crippen molar-refractivity contribution in [2.24, 2.45) is 0 Å². The molecule has 0 aliphatic heterocycles. The number of benzene rings is 1. The van der Waals surface area contributed by atoms with E-state index in [2.05, 4.69) is 11.4 Å². The van der Waals surface area contributed by atoms with Crippen molar-refractivity contribution >= 4 is 0 Å². The maximum atomic E-state index is 8.73. The van der Waals surface area contributed by atoms with Crippen molar-refractivity contribution in [3.8, 4) is 11.8 Å². The maximum Gasteiger partial charge on any atom is 0.181 e. The summed E-state index contributed by atoms with van der Waals surface area (Å²) in [5.74, 6) is 0.756. The molecule has 0 fully saturated rings. The molecule has 0 saturated carbocycles. The van der Waals surface area contributed by atoms with E-state index in [1.807, 2.05) is 24.3 Å². The zero-order chi connectivity index (χ0) is 12.5. The molecule has 0 spiro atoms. The molecule has 1 unspecified atom stereocenters. The molecule has 4 heteroatoms. The van der Waals surface area contributed by atoms with E-state index < -0.39 is 6.10 Å². The molecule has 0 radical (unpaired) electrons. The van der Waals surface area contributed by atoms with Crippen LogP contribution in [0.5, 0.6) is 5.75 Å². The fraction of sp³-hybridized carbons (Fsp3) is 0.462. The van der Waals surface area contributed by atoms with Gasteiger partial charge in [-0.1, -0.05) is 18.2 Å². The molecule has 0 aliphatic rings. The number of nitrogens with zero attached hydrogens (tertiary/aromatic N) is 1. The van der Waals surface area contributed by atoms with Crippen molar-refractivity contribution in [3.63, 3.8) is 0 Å². The molecule has 0 saturated heterocycles. The first-order valence-electron chi connectivity index (χ1n) is 5.61. The third kappa shape index (κ3) is 4.85. The smallest absolute Gasteiger partial charge is 0.181 e. The van der Waals surface area contributed by atoms with E-state index in [1.54, 1.807) is 14.0 Å². The van der Waals surface area contributed by atoms with Crippen LogP contribution in [0, 0.1) is 11.3 Å². The second-order valence-corrected chi connectivity index (χ2v) is 3.67. The van der Waals surface area contributed by atoms with Crippen molar-refractivity contribution in [3.05, 3.63) is 29.8 Å². The number of para-hydroxylation sites is 1. The van der Waals surface area contributed by atoms with E-state index in [1.165, 1.54) is 0 Å². The fourth-order valence-corrected chi connectivity index (χ4v) is 1.38. The summed E-state index contributed by atoms with van der Waals surface area (Å²) in [6, 6.07) is 9.77. The molecular formula is C13H18N2O2. The van der Waals surface area contributed by atoms with Gasteiger partial charge in [-0.15, -0.1) is 0 Å². The average molecular weight is 234 g/mol. The van der Waals surface area contributed by atoms with E-state index >= 15 is 0 Å². The van der Waals surface area contributed by atoms with Gasteiger partial charge in [-0.2, -0.15) is 5.26 Å². The first-order valence-corrected chi connectivity index (χ1v) is 5.61. The molecule has 0 bridgehead atoms. The minimum Gasteiger partial charge on any atom is -0.476 e. The number of hydrogen-bond acceptors (Lipinski definition) is 4. The average Bonchev–Trinajstić information content (AvgIpc) is 2.36. The zero-order valence-electron chi connectivity index (χ0n) is 10.3. The summed E-state index contributed by atoms with van der Waals surface area (Å²) in [4.78, 5) is 0. The first kappa shape index (κ1) is 13.5. The molecule has 17 heavy (non-hydrogen) atoms. The van der Waals surface area contributed by atoms with E-state index in [-0.39, 0.29) is 0 Å². The van der Waals surface area contributed by atoms with Crippen molar-refractivity contribution in [1.29, 1.82) is 5.26 Å². The Labute approximate surface area is 102 Å². The Morgan fingerprint density at radius 1 is 1.41 bits per heavy atom. The lowest BCUT2D eigenvalue weighted by Gasteiger charge is -2.13. The number of nitriles is 1. The van der Waals surface area contributed by atoms with Gasteiger partial charge in [0.15, 0.2) is 6.10 Å². The van der Waals surface area contributed by atoms with Gasteiger partial charge >= 0.3 is 0 Å². The second-order valence-electron chi connectivity index (χ2n) is 3.67. The SMILES string of the molecule is COCCNCc1ccccc1OC(C)C#N. The van der Waals surface area contributed by atoms with Gasteiger partial charge in [-0.25, -0.2) is 0 Å². The molecule has 1 atom stereocenters. The quantitative estimate of drug-likeness (QED) is 0.730. The molecule has 0 aromatic heterocycles. The van der Waals surface area contributed by atoms with Gasteiger partial charge < -0.3 is 14.8 Å². The van der Waals surface area contributed by atoms with Crippen LogP contribution >= 0.6 is 0 Å². The van der Waals surface area contributed by atoms with Crippen LogP contribution in [0.2, 0.25) is 0 Å². The van der Waals surface area contributed by atoms with Crippen molar-refractivity contribution in [1.82, 2.24) is 5.32 Å². The highest BCUT2D eigenvalue weighted by atomic mass is 16.5. The summed E-state index contributed by atoms with van der Waals surface area (Å²) in [6.45, 7) is 3.91. The number of rotatable bonds is 7. The van der Waals surface area contributed by atoms with Crippen LogP contribution in [0.4, 0.5) is 0 Å². The van der Waals surface area contributed by atoms with Crippen LogP contribution in [-0.4, -0.2) is 26.4 Å². The lowest BCUT2D eigenvalue weighted by molar-refractivity contribution is 0.199. The van der Waals surface area contributed by atoms with Gasteiger partial charge in [-0.05, 0) is 13.0 Å². The maximum absolute atomic E-state index is 8.73. The van der Waals surface area contributed by atoms with Crippen LogP contribution < -0.4 is 10.1 Å². The van der Waals surface area contributed by atoms with Gasteiger partial charge in [0.1, 0.15) is 11.8 Å². The Hall–Kier alpha value is -1.57. The van der Waals surface area contributed by atoms with Gasteiger partial charge in [0.25, 0.3) is 0 Å². The summed E-state index contributed by atoms with van der Waals surface area (Å²) in [6.07, 6.45) is -0.435. The summed E-state index contributed by atoms with van der Waals surface area (Å²) in [5, 5.41) is 12.0. The van der Waals surface area contributed by atoms with Crippen molar-refractivity contribution in [2.45, 2.75) is 19.6 Å². The molecular weight excluding hydrogens is 216 g/mol. The Balaban J connectivity index is 2.55. The highest BCUT2D eigenvalue weighted by Gasteiger charge is 2.06. The van der Waals surface area contributed by atoms with Crippen LogP contribution in [0.15, 0.2) is 24.3 Å². The van der Waals surface area contributed by atoms with Gasteiger partial charge in [0.05, 0.1) is 6.61 Å². The summed E-state index contributed by atoms with van der Waals surface area (Å²) < 4.78 is 10.5. The molecule has 1 aromatic rings. The highest BCUT2D eigenvalue weighted by Crippen LogP contribution is 2.18. The minimum absolute atomic E-state index is 0.435. The lowest BCUT2D eigenvalue weighted by atomic mass is 10.2. The van der Waals surface area contributed by atoms with Crippen molar-refractivity contribution in [2.75, 3.05) is 20.3 Å². The molecule has 0 amide bonds. The van der Waals surface area contributed by atoms with Crippen LogP contribution in [-0.2, 0) is 11.3 Å². The van der Waals surface area contributed by atoms with Crippen molar-refractivity contribution < 1.29 is 9.47 Å². The summed E-state index contributed by atoms with van der Waals surface area (Å²) in [7, 11) is 1.67. The largest absolute Gasteiger partial charge is 0.476 e. The second kappa shape index (κ2) is 7.66. The number of methoxy groups -OCH3 is 1. The summed E-state index contributed by atoms with van der Waals surface area (Å²) >= 11 is 0. The van der Waals surface area contributed by atoms with Gasteiger partial charge in [-0.3, -0.25) is 0 Å². The first-order chi connectivity index (χ1) is 8.27. The molecule has 92 valence electrons. The number of ether oxygens (including phenoxy) is 2. The highest BCUT2D eigenvalue weighted by molar-refractivity contribution is 5.33. The van der Waals surface area contributed by atoms with E-state index in [9.17, 15) is 0 Å². The van der Waals surface area contributed by atoms with Crippen LogP contribution in [0.25, 0.3) is 0 Å².